The highest BCUT2D eigenvalue weighted by molar-refractivity contribution is 7.89. The van der Waals surface area contributed by atoms with Gasteiger partial charge in [0.1, 0.15) is 4.90 Å². The molecule has 0 saturated carbocycles. The van der Waals surface area contributed by atoms with E-state index in [4.69, 9.17) is 17.3 Å². The van der Waals surface area contributed by atoms with Gasteiger partial charge in [0, 0.05) is 12.6 Å². The number of sulfonamides is 1. The summed E-state index contributed by atoms with van der Waals surface area (Å²) in [5, 5.41) is 0.161. The topological polar surface area (TPSA) is 63.4 Å². The first-order chi connectivity index (χ1) is 8.67. The van der Waals surface area contributed by atoms with Crippen molar-refractivity contribution in [3.05, 3.63) is 23.2 Å². The number of hydrogen-bond acceptors (Lipinski definition) is 3. The Morgan fingerprint density at radius 3 is 2.26 bits per heavy atom. The zero-order valence-electron chi connectivity index (χ0n) is 11.7. The van der Waals surface area contributed by atoms with Gasteiger partial charge in [0.15, 0.2) is 0 Å². The average Bonchev–Trinajstić information content (AvgIpc) is 2.24. The maximum atomic E-state index is 12.7. The second-order valence-electron chi connectivity index (χ2n) is 5.22. The summed E-state index contributed by atoms with van der Waals surface area (Å²) in [6.45, 7) is 8.06. The van der Waals surface area contributed by atoms with Crippen LogP contribution in [0.2, 0.25) is 5.02 Å². The number of benzene rings is 1. The molecule has 1 aromatic carbocycles. The summed E-state index contributed by atoms with van der Waals surface area (Å²) >= 11 is 6.01. The summed E-state index contributed by atoms with van der Waals surface area (Å²) in [4.78, 5) is 0.00557. The van der Waals surface area contributed by atoms with Crippen molar-refractivity contribution in [3.8, 4) is 0 Å². The molecule has 0 atom stereocenters. The van der Waals surface area contributed by atoms with Crippen LogP contribution in [0.3, 0.4) is 0 Å². The molecule has 0 bridgehead atoms. The van der Waals surface area contributed by atoms with E-state index in [1.807, 2.05) is 27.7 Å². The fraction of sp³-hybridized carbons (Fsp3) is 0.538. The maximum Gasteiger partial charge on any atom is 0.246 e. The van der Waals surface area contributed by atoms with E-state index in [1.54, 1.807) is 18.2 Å². The van der Waals surface area contributed by atoms with Gasteiger partial charge in [-0.1, -0.05) is 31.5 Å². The molecular weight excluding hydrogens is 284 g/mol. The van der Waals surface area contributed by atoms with E-state index in [0.29, 0.717) is 6.54 Å². The first-order valence-electron chi connectivity index (χ1n) is 6.23. The van der Waals surface area contributed by atoms with Crippen molar-refractivity contribution < 1.29 is 8.42 Å². The highest BCUT2D eigenvalue weighted by atomic mass is 35.5. The largest absolute Gasteiger partial charge is 0.398 e. The van der Waals surface area contributed by atoms with Crippen molar-refractivity contribution >= 4 is 27.3 Å². The Morgan fingerprint density at radius 1 is 1.26 bits per heavy atom. The number of nitrogens with two attached hydrogens (primary N) is 1. The second kappa shape index (κ2) is 6.11. The number of nitrogens with zero attached hydrogens (tertiary/aromatic N) is 1. The van der Waals surface area contributed by atoms with Crippen molar-refractivity contribution in [1.29, 1.82) is 0 Å². The lowest BCUT2D eigenvalue weighted by molar-refractivity contribution is 0.319. The minimum Gasteiger partial charge on any atom is -0.398 e. The summed E-state index contributed by atoms with van der Waals surface area (Å²) in [6.07, 6.45) is 0. The molecule has 0 radical (unpaired) electrons. The molecule has 1 aromatic rings. The number of anilines is 1. The highest BCUT2D eigenvalue weighted by Crippen LogP contribution is 2.31. The van der Waals surface area contributed by atoms with Crippen LogP contribution in [0, 0.1) is 5.92 Å². The van der Waals surface area contributed by atoms with Gasteiger partial charge in [0.25, 0.3) is 0 Å². The molecule has 0 aromatic heterocycles. The predicted octanol–water partition coefficient (Wildman–Crippen LogP) is 2.98. The van der Waals surface area contributed by atoms with E-state index >= 15 is 0 Å². The predicted molar refractivity (Wildman–Crippen MR) is 79.7 cm³/mol. The van der Waals surface area contributed by atoms with E-state index in [9.17, 15) is 8.42 Å². The fourth-order valence-corrected chi connectivity index (χ4v) is 4.30. The Hall–Kier alpha value is -0.780. The van der Waals surface area contributed by atoms with Gasteiger partial charge < -0.3 is 5.73 Å². The van der Waals surface area contributed by atoms with Gasteiger partial charge in [0.2, 0.25) is 10.0 Å². The quantitative estimate of drug-likeness (QED) is 0.851. The molecular formula is C13H21ClN2O2S. The smallest absolute Gasteiger partial charge is 0.246 e. The van der Waals surface area contributed by atoms with Crippen LogP contribution in [0.15, 0.2) is 23.1 Å². The average molecular weight is 305 g/mol. The monoisotopic (exact) mass is 304 g/mol. The molecule has 108 valence electrons. The lowest BCUT2D eigenvalue weighted by atomic mass is 10.2. The zero-order valence-corrected chi connectivity index (χ0v) is 13.3. The maximum absolute atomic E-state index is 12.7. The van der Waals surface area contributed by atoms with Gasteiger partial charge in [-0.05, 0) is 31.9 Å². The third-order valence-corrected chi connectivity index (χ3v) is 5.27. The number of nitrogen functional groups attached to an aromatic ring is 1. The van der Waals surface area contributed by atoms with Crippen LogP contribution < -0.4 is 5.73 Å². The lowest BCUT2D eigenvalue weighted by Crippen LogP contribution is -2.39. The molecule has 0 aliphatic rings. The summed E-state index contributed by atoms with van der Waals surface area (Å²) < 4.78 is 26.9. The van der Waals surface area contributed by atoms with Crippen molar-refractivity contribution in [2.75, 3.05) is 12.3 Å². The summed E-state index contributed by atoms with van der Waals surface area (Å²) in [5.41, 5.74) is 5.97. The van der Waals surface area contributed by atoms with E-state index < -0.39 is 10.0 Å². The third-order valence-electron chi connectivity index (χ3n) is 2.69. The normalized spacial score (nSPS) is 12.6. The summed E-state index contributed by atoms with van der Waals surface area (Å²) in [5.74, 6) is 0.223. The second-order valence-corrected chi connectivity index (χ2v) is 7.46. The van der Waals surface area contributed by atoms with Gasteiger partial charge in [0.05, 0.1) is 10.7 Å². The van der Waals surface area contributed by atoms with Gasteiger partial charge >= 0.3 is 0 Å². The first kappa shape index (κ1) is 16.3. The van der Waals surface area contributed by atoms with Crippen molar-refractivity contribution in [3.63, 3.8) is 0 Å². The molecule has 6 heteroatoms. The third kappa shape index (κ3) is 3.61. The van der Waals surface area contributed by atoms with Gasteiger partial charge in [-0.15, -0.1) is 0 Å². The van der Waals surface area contributed by atoms with Gasteiger partial charge in [-0.3, -0.25) is 0 Å². The van der Waals surface area contributed by atoms with Crippen LogP contribution in [0.1, 0.15) is 27.7 Å². The zero-order chi connectivity index (χ0) is 14.8. The SMILES string of the molecule is CC(C)CN(C(C)C)S(=O)(=O)c1c(N)cccc1Cl. The van der Waals surface area contributed by atoms with Crippen molar-refractivity contribution in [2.45, 2.75) is 38.6 Å². The number of hydrogen-bond donors (Lipinski definition) is 1. The van der Waals surface area contributed by atoms with E-state index in [-0.39, 0.29) is 27.6 Å². The minimum atomic E-state index is -3.68. The molecule has 2 N–H and O–H groups in total. The Bertz CT molecular complexity index is 521. The Morgan fingerprint density at radius 2 is 1.84 bits per heavy atom. The van der Waals surface area contributed by atoms with E-state index in [0.717, 1.165) is 0 Å². The van der Waals surface area contributed by atoms with E-state index in [1.165, 1.54) is 4.31 Å². The lowest BCUT2D eigenvalue weighted by Gasteiger charge is -2.28. The molecule has 0 heterocycles. The molecule has 0 fully saturated rings. The molecule has 1 rings (SSSR count). The molecule has 0 aliphatic carbocycles. The number of halogens is 1. The van der Waals surface area contributed by atoms with Crippen molar-refractivity contribution in [2.24, 2.45) is 5.92 Å². The standard InChI is InChI=1S/C13H21ClN2O2S/c1-9(2)8-16(10(3)4)19(17,18)13-11(14)6-5-7-12(13)15/h5-7,9-10H,8,15H2,1-4H3. The fourth-order valence-electron chi connectivity index (χ4n) is 1.86. The van der Waals surface area contributed by atoms with Gasteiger partial charge in [-0.2, -0.15) is 4.31 Å². The van der Waals surface area contributed by atoms with Crippen LogP contribution in [-0.4, -0.2) is 25.3 Å². The van der Waals surface area contributed by atoms with E-state index in [2.05, 4.69) is 0 Å². The molecule has 4 nitrogen and oxygen atoms in total. The Balaban J connectivity index is 3.35. The van der Waals surface area contributed by atoms with Crippen molar-refractivity contribution in [1.82, 2.24) is 4.31 Å². The summed E-state index contributed by atoms with van der Waals surface area (Å²) in [7, 11) is -3.68. The van der Waals surface area contributed by atoms with Crippen LogP contribution in [-0.2, 0) is 10.0 Å². The molecule has 19 heavy (non-hydrogen) atoms. The van der Waals surface area contributed by atoms with Crippen LogP contribution >= 0.6 is 11.6 Å². The highest BCUT2D eigenvalue weighted by Gasteiger charge is 2.31. The van der Waals surface area contributed by atoms with Crippen LogP contribution in [0.4, 0.5) is 5.69 Å². The van der Waals surface area contributed by atoms with Crippen LogP contribution in [0.25, 0.3) is 0 Å². The van der Waals surface area contributed by atoms with Gasteiger partial charge in [-0.25, -0.2) is 8.42 Å². The minimum absolute atomic E-state index is 0.00557. The Labute approximate surface area is 120 Å². The molecule has 0 aliphatic heterocycles. The molecule has 0 spiro atoms. The first-order valence-corrected chi connectivity index (χ1v) is 8.05. The molecule has 0 saturated heterocycles. The molecule has 0 unspecified atom stereocenters. The molecule has 0 amide bonds. The number of rotatable bonds is 5. The van der Waals surface area contributed by atoms with Crippen LogP contribution in [0.5, 0.6) is 0 Å². The Kier molecular flexibility index (Phi) is 5.24. The summed E-state index contributed by atoms with van der Waals surface area (Å²) in [6, 6.07) is 4.58.